The average molecular weight is 334 g/mol. The summed E-state index contributed by atoms with van der Waals surface area (Å²) < 4.78 is 26.3. The number of hydrogen-bond donors (Lipinski definition) is 1. The quantitative estimate of drug-likeness (QED) is 0.804. The second-order valence-corrected chi connectivity index (χ2v) is 4.95. The largest absolute Gasteiger partial charge is 0.384 e. The molecule has 0 saturated heterocycles. The summed E-state index contributed by atoms with van der Waals surface area (Å²) in [5, 5.41) is 10.6. The van der Waals surface area contributed by atoms with Gasteiger partial charge >= 0.3 is 0 Å². The van der Waals surface area contributed by atoms with E-state index >= 15 is 0 Å². The Morgan fingerprint density at radius 3 is 2.56 bits per heavy atom. The molecule has 1 atom stereocenters. The first kappa shape index (κ1) is 13.5. The highest BCUT2D eigenvalue weighted by atomic mass is 79.9. The lowest BCUT2D eigenvalue weighted by atomic mass is 10.0. The van der Waals surface area contributed by atoms with Gasteiger partial charge in [-0.1, -0.05) is 29.8 Å². The maximum absolute atomic E-state index is 13.4. The molecule has 2 aromatic carbocycles. The molecule has 0 aliphatic rings. The molecule has 0 spiro atoms. The van der Waals surface area contributed by atoms with Crippen molar-refractivity contribution in [2.24, 2.45) is 0 Å². The molecule has 0 fully saturated rings. The van der Waals surface area contributed by atoms with Crippen LogP contribution in [-0.4, -0.2) is 5.11 Å². The fourth-order valence-electron chi connectivity index (χ4n) is 1.61. The molecule has 1 N–H and O–H groups in total. The van der Waals surface area contributed by atoms with Crippen LogP contribution < -0.4 is 0 Å². The highest BCUT2D eigenvalue weighted by molar-refractivity contribution is 9.10. The summed E-state index contributed by atoms with van der Waals surface area (Å²) in [6, 6.07) is 8.87. The molecular formula is C13H8BrClF2O. The first-order valence-corrected chi connectivity index (χ1v) is 6.24. The average Bonchev–Trinajstić information content (AvgIpc) is 2.35. The van der Waals surface area contributed by atoms with E-state index in [1.165, 1.54) is 6.07 Å². The van der Waals surface area contributed by atoms with Crippen molar-refractivity contribution in [2.45, 2.75) is 6.10 Å². The van der Waals surface area contributed by atoms with E-state index < -0.39 is 17.7 Å². The number of rotatable bonds is 2. The van der Waals surface area contributed by atoms with Crippen molar-refractivity contribution in [2.75, 3.05) is 0 Å². The predicted molar refractivity (Wildman–Crippen MR) is 69.6 cm³/mol. The van der Waals surface area contributed by atoms with Crippen molar-refractivity contribution in [1.82, 2.24) is 0 Å². The molecule has 0 aliphatic heterocycles. The summed E-state index contributed by atoms with van der Waals surface area (Å²) >= 11 is 8.76. The second kappa shape index (κ2) is 5.34. The lowest BCUT2D eigenvalue weighted by Crippen LogP contribution is -2.03. The normalized spacial score (nSPS) is 12.5. The maximum Gasteiger partial charge on any atom is 0.173 e. The number of aliphatic hydroxyl groups excluding tert-OH is 1. The molecule has 0 aromatic heterocycles. The van der Waals surface area contributed by atoms with Gasteiger partial charge in [-0.05, 0) is 39.7 Å². The summed E-state index contributed by atoms with van der Waals surface area (Å²) in [6.07, 6.45) is -1.08. The van der Waals surface area contributed by atoms with E-state index in [4.69, 9.17) is 11.6 Å². The molecule has 1 unspecified atom stereocenters. The van der Waals surface area contributed by atoms with Gasteiger partial charge < -0.3 is 5.11 Å². The highest BCUT2D eigenvalue weighted by Gasteiger charge is 2.18. The molecule has 0 aliphatic carbocycles. The Balaban J connectivity index is 2.46. The van der Waals surface area contributed by atoms with Crippen LogP contribution in [0.5, 0.6) is 0 Å². The third-order valence-corrected chi connectivity index (χ3v) is 3.57. The maximum atomic E-state index is 13.4. The van der Waals surface area contributed by atoms with E-state index in [2.05, 4.69) is 15.9 Å². The van der Waals surface area contributed by atoms with Crippen molar-refractivity contribution < 1.29 is 13.9 Å². The predicted octanol–water partition coefficient (Wildman–Crippen LogP) is 4.46. The molecule has 0 radical (unpaired) electrons. The first-order chi connectivity index (χ1) is 8.50. The number of benzene rings is 2. The standard InChI is InChI=1S/C13H8BrClF2O/c14-11-9(4-5-10(16)12(11)17)13(18)7-2-1-3-8(15)6-7/h1-6,13,18H. The number of halogens is 4. The Morgan fingerprint density at radius 1 is 1.17 bits per heavy atom. The van der Waals surface area contributed by atoms with Gasteiger partial charge in [-0.25, -0.2) is 8.78 Å². The van der Waals surface area contributed by atoms with E-state index in [9.17, 15) is 13.9 Å². The zero-order valence-corrected chi connectivity index (χ0v) is 11.3. The zero-order valence-electron chi connectivity index (χ0n) is 9.00. The van der Waals surface area contributed by atoms with Gasteiger partial charge in [0.2, 0.25) is 0 Å². The van der Waals surface area contributed by atoms with Gasteiger partial charge in [-0.3, -0.25) is 0 Å². The third kappa shape index (κ3) is 2.55. The van der Waals surface area contributed by atoms with Crippen molar-refractivity contribution in [3.05, 3.63) is 68.7 Å². The minimum absolute atomic E-state index is 0.0880. The minimum Gasteiger partial charge on any atom is -0.384 e. The first-order valence-electron chi connectivity index (χ1n) is 5.07. The molecule has 0 amide bonds. The van der Waals surface area contributed by atoms with E-state index in [0.717, 1.165) is 6.07 Å². The molecule has 1 nitrogen and oxygen atoms in total. The third-order valence-electron chi connectivity index (χ3n) is 2.52. The minimum atomic E-state index is -1.08. The van der Waals surface area contributed by atoms with Crippen molar-refractivity contribution in [3.8, 4) is 0 Å². The summed E-state index contributed by atoms with van der Waals surface area (Å²) in [5.74, 6) is -1.99. The Kier molecular flexibility index (Phi) is 4.00. The smallest absolute Gasteiger partial charge is 0.173 e. The lowest BCUT2D eigenvalue weighted by molar-refractivity contribution is 0.218. The van der Waals surface area contributed by atoms with Gasteiger partial charge in [-0.2, -0.15) is 0 Å². The van der Waals surface area contributed by atoms with E-state index in [0.29, 0.717) is 10.6 Å². The highest BCUT2D eigenvalue weighted by Crippen LogP contribution is 2.32. The van der Waals surface area contributed by atoms with E-state index in [-0.39, 0.29) is 10.0 Å². The van der Waals surface area contributed by atoms with Gasteiger partial charge in [0.25, 0.3) is 0 Å². The number of hydrogen-bond acceptors (Lipinski definition) is 1. The van der Waals surface area contributed by atoms with Crippen molar-refractivity contribution >= 4 is 27.5 Å². The molecule has 94 valence electrons. The molecule has 0 heterocycles. The summed E-state index contributed by atoms with van der Waals surface area (Å²) in [4.78, 5) is 0. The molecule has 18 heavy (non-hydrogen) atoms. The molecule has 0 saturated carbocycles. The Labute approximate surface area is 116 Å². The van der Waals surface area contributed by atoms with Gasteiger partial charge in [0.15, 0.2) is 11.6 Å². The van der Waals surface area contributed by atoms with Crippen molar-refractivity contribution in [1.29, 1.82) is 0 Å². The van der Waals surface area contributed by atoms with Crippen LogP contribution in [-0.2, 0) is 0 Å². The fourth-order valence-corrected chi connectivity index (χ4v) is 2.35. The molecular weight excluding hydrogens is 325 g/mol. The van der Waals surface area contributed by atoms with Gasteiger partial charge in [0.05, 0.1) is 4.47 Å². The fraction of sp³-hybridized carbons (Fsp3) is 0.0769. The topological polar surface area (TPSA) is 20.2 Å². The molecule has 2 aromatic rings. The van der Waals surface area contributed by atoms with Crippen LogP contribution in [0.2, 0.25) is 5.02 Å². The van der Waals surface area contributed by atoms with Crippen molar-refractivity contribution in [3.63, 3.8) is 0 Å². The van der Waals surface area contributed by atoms with Crippen LogP contribution >= 0.6 is 27.5 Å². The van der Waals surface area contributed by atoms with E-state index in [1.54, 1.807) is 24.3 Å². The summed E-state index contributed by atoms with van der Waals surface area (Å²) in [7, 11) is 0. The lowest BCUT2D eigenvalue weighted by Gasteiger charge is -2.14. The Bertz CT molecular complexity index is 589. The van der Waals surface area contributed by atoms with Crippen LogP contribution in [0.25, 0.3) is 0 Å². The molecule has 0 bridgehead atoms. The molecule has 5 heteroatoms. The van der Waals surface area contributed by atoms with Gasteiger partial charge in [0, 0.05) is 10.6 Å². The number of aliphatic hydroxyl groups is 1. The van der Waals surface area contributed by atoms with Gasteiger partial charge in [-0.15, -0.1) is 0 Å². The monoisotopic (exact) mass is 332 g/mol. The van der Waals surface area contributed by atoms with Crippen LogP contribution in [0.4, 0.5) is 8.78 Å². The summed E-state index contributed by atoms with van der Waals surface area (Å²) in [6.45, 7) is 0. The Morgan fingerprint density at radius 2 is 1.89 bits per heavy atom. The van der Waals surface area contributed by atoms with Crippen LogP contribution in [0.15, 0.2) is 40.9 Å². The Hall–Kier alpha value is -0.970. The van der Waals surface area contributed by atoms with Crippen LogP contribution in [0.1, 0.15) is 17.2 Å². The van der Waals surface area contributed by atoms with E-state index in [1.807, 2.05) is 0 Å². The second-order valence-electron chi connectivity index (χ2n) is 3.72. The van der Waals surface area contributed by atoms with Crippen LogP contribution in [0, 0.1) is 11.6 Å². The SMILES string of the molecule is OC(c1cccc(Cl)c1)c1ccc(F)c(F)c1Br. The molecule has 2 rings (SSSR count). The summed E-state index contributed by atoms with van der Waals surface area (Å²) in [5.41, 5.74) is 0.755. The zero-order chi connectivity index (χ0) is 13.3. The van der Waals surface area contributed by atoms with Crippen LogP contribution in [0.3, 0.4) is 0 Å². The van der Waals surface area contributed by atoms with Gasteiger partial charge in [0.1, 0.15) is 6.10 Å².